The third-order valence-electron chi connectivity index (χ3n) is 7.64. The van der Waals surface area contributed by atoms with E-state index in [9.17, 15) is 12.8 Å². The van der Waals surface area contributed by atoms with Crippen LogP contribution in [0.15, 0.2) is 89.8 Å². The molecule has 2 unspecified atom stereocenters. The van der Waals surface area contributed by atoms with Gasteiger partial charge in [-0.25, -0.2) is 12.8 Å². The van der Waals surface area contributed by atoms with E-state index in [1.807, 2.05) is 30.3 Å². The number of sulfonamides is 1. The third kappa shape index (κ3) is 5.14. The van der Waals surface area contributed by atoms with E-state index in [1.165, 1.54) is 55.5 Å². The van der Waals surface area contributed by atoms with Gasteiger partial charge in [-0.05, 0) is 73.6 Å². The molecule has 1 heterocycles. The first-order chi connectivity index (χ1) is 17.0. The second kappa shape index (κ2) is 10.5. The summed E-state index contributed by atoms with van der Waals surface area (Å²) in [5.74, 6) is 0.0960. The molecule has 184 valence electrons. The van der Waals surface area contributed by atoms with Crippen LogP contribution in [0.5, 0.6) is 0 Å². The fourth-order valence-electron chi connectivity index (χ4n) is 5.93. The lowest BCUT2D eigenvalue weighted by Gasteiger charge is -2.45. The van der Waals surface area contributed by atoms with Gasteiger partial charge in [-0.1, -0.05) is 61.4 Å². The van der Waals surface area contributed by atoms with Crippen molar-refractivity contribution < 1.29 is 12.8 Å². The van der Waals surface area contributed by atoms with Gasteiger partial charge in [-0.15, -0.1) is 0 Å². The molecule has 0 spiro atoms. The lowest BCUT2D eigenvalue weighted by molar-refractivity contribution is 0.107. The number of likely N-dealkylation sites (tertiary alicyclic amines) is 1. The summed E-state index contributed by atoms with van der Waals surface area (Å²) in [5, 5.41) is 0. The highest BCUT2D eigenvalue weighted by Gasteiger charge is 2.38. The van der Waals surface area contributed by atoms with Gasteiger partial charge < -0.3 is 0 Å². The van der Waals surface area contributed by atoms with E-state index < -0.39 is 15.8 Å². The summed E-state index contributed by atoms with van der Waals surface area (Å²) < 4.78 is 42.6. The minimum atomic E-state index is -3.82. The number of benzene rings is 3. The molecule has 0 bridgehead atoms. The van der Waals surface area contributed by atoms with Crippen molar-refractivity contribution in [1.82, 2.24) is 4.90 Å². The first kappa shape index (κ1) is 24.0. The largest absolute Gasteiger partial charge is 0.300 e. The van der Waals surface area contributed by atoms with Crippen molar-refractivity contribution in [1.29, 1.82) is 0 Å². The number of hydrogen-bond acceptors (Lipinski definition) is 3. The normalized spacial score (nSPS) is 22.1. The SMILES string of the molecule is O=S(=O)(c1ccc(F)cc1)N(c1ccccc1)C1CCN(C2CCCCC2c2ccccc2)CC1. The van der Waals surface area contributed by atoms with Crippen LogP contribution in [0.1, 0.15) is 50.0 Å². The summed E-state index contributed by atoms with van der Waals surface area (Å²) in [4.78, 5) is 2.72. The van der Waals surface area contributed by atoms with Gasteiger partial charge in [0.1, 0.15) is 5.82 Å². The number of anilines is 1. The lowest BCUT2D eigenvalue weighted by atomic mass is 9.78. The Morgan fingerprint density at radius 3 is 2.00 bits per heavy atom. The fraction of sp³-hybridized carbons (Fsp3) is 0.379. The minimum absolute atomic E-state index is 0.126. The molecule has 1 aliphatic carbocycles. The van der Waals surface area contributed by atoms with Crippen LogP contribution in [-0.2, 0) is 10.0 Å². The van der Waals surface area contributed by atoms with E-state index in [0.717, 1.165) is 25.9 Å². The highest BCUT2D eigenvalue weighted by molar-refractivity contribution is 7.92. The Kier molecular flexibility index (Phi) is 7.21. The van der Waals surface area contributed by atoms with Crippen LogP contribution in [0.3, 0.4) is 0 Å². The Morgan fingerprint density at radius 1 is 0.743 bits per heavy atom. The molecule has 1 saturated heterocycles. The molecular weight excluding hydrogens is 459 g/mol. The summed E-state index contributed by atoms with van der Waals surface area (Å²) >= 11 is 0. The second-order valence-electron chi connectivity index (χ2n) is 9.73. The Bertz CT molecular complexity index is 1190. The van der Waals surface area contributed by atoms with Crippen LogP contribution >= 0.6 is 0 Å². The second-order valence-corrected chi connectivity index (χ2v) is 11.5. The zero-order valence-corrected chi connectivity index (χ0v) is 20.8. The van der Waals surface area contributed by atoms with Gasteiger partial charge in [-0.3, -0.25) is 9.21 Å². The smallest absolute Gasteiger partial charge is 0.264 e. The molecule has 0 aromatic heterocycles. The molecule has 2 aliphatic rings. The molecule has 3 aromatic rings. The van der Waals surface area contributed by atoms with Crippen molar-refractivity contribution in [2.45, 2.75) is 61.4 Å². The summed E-state index contributed by atoms with van der Waals surface area (Å²) in [6, 6.07) is 25.7. The van der Waals surface area contributed by atoms with Gasteiger partial charge in [0.05, 0.1) is 10.6 Å². The van der Waals surface area contributed by atoms with E-state index in [-0.39, 0.29) is 10.9 Å². The van der Waals surface area contributed by atoms with Crippen LogP contribution in [0.25, 0.3) is 0 Å². The van der Waals surface area contributed by atoms with Gasteiger partial charge in [0.25, 0.3) is 10.0 Å². The predicted molar refractivity (Wildman–Crippen MR) is 139 cm³/mol. The molecule has 5 rings (SSSR count). The maximum absolute atomic E-state index is 13.8. The molecule has 4 nitrogen and oxygen atoms in total. The molecule has 2 atom stereocenters. The number of nitrogens with zero attached hydrogens (tertiary/aromatic N) is 2. The molecule has 6 heteroatoms. The van der Waals surface area contributed by atoms with Gasteiger partial charge in [0.2, 0.25) is 0 Å². The van der Waals surface area contributed by atoms with Crippen molar-refractivity contribution in [3.8, 4) is 0 Å². The van der Waals surface area contributed by atoms with Crippen LogP contribution in [0.2, 0.25) is 0 Å². The third-order valence-corrected chi connectivity index (χ3v) is 9.53. The first-order valence-electron chi connectivity index (χ1n) is 12.7. The number of hydrogen-bond donors (Lipinski definition) is 0. The van der Waals surface area contributed by atoms with Gasteiger partial charge >= 0.3 is 0 Å². The highest BCUT2D eigenvalue weighted by Crippen LogP contribution is 2.38. The molecule has 1 saturated carbocycles. The molecule has 0 N–H and O–H groups in total. The molecule has 1 aliphatic heterocycles. The summed E-state index contributed by atoms with van der Waals surface area (Å²) in [6.07, 6.45) is 6.47. The summed E-state index contributed by atoms with van der Waals surface area (Å²) in [6.45, 7) is 1.75. The maximum atomic E-state index is 13.8. The Balaban J connectivity index is 1.37. The number of para-hydroxylation sites is 1. The standard InChI is InChI=1S/C29H33FN2O2S/c30-24-15-17-27(18-16-24)35(33,34)32(25-11-5-2-6-12-25)26-19-21-31(22-20-26)29-14-8-7-13-28(29)23-9-3-1-4-10-23/h1-6,9-12,15-18,26,28-29H,7-8,13-14,19-22H2. The van der Waals surface area contributed by atoms with Crippen molar-refractivity contribution in [3.63, 3.8) is 0 Å². The van der Waals surface area contributed by atoms with Crippen LogP contribution < -0.4 is 4.31 Å². The fourth-order valence-corrected chi connectivity index (χ4v) is 7.64. The van der Waals surface area contributed by atoms with E-state index in [1.54, 1.807) is 4.31 Å². The van der Waals surface area contributed by atoms with Crippen molar-refractivity contribution in [3.05, 3.63) is 96.3 Å². The summed E-state index contributed by atoms with van der Waals surface area (Å²) in [7, 11) is -3.82. The van der Waals surface area contributed by atoms with Crippen LogP contribution in [0, 0.1) is 5.82 Å². The predicted octanol–water partition coefficient (Wildman–Crippen LogP) is 6.21. The Labute approximate surface area is 208 Å². The van der Waals surface area contributed by atoms with Crippen LogP contribution in [-0.4, -0.2) is 38.5 Å². The zero-order valence-electron chi connectivity index (χ0n) is 20.0. The van der Waals surface area contributed by atoms with E-state index in [0.29, 0.717) is 17.6 Å². The van der Waals surface area contributed by atoms with Gasteiger partial charge in [0, 0.05) is 25.2 Å². The zero-order chi connectivity index (χ0) is 24.3. The number of halogens is 1. The Hall–Kier alpha value is -2.70. The van der Waals surface area contributed by atoms with Gasteiger partial charge in [-0.2, -0.15) is 0 Å². The average Bonchev–Trinajstić information content (AvgIpc) is 2.90. The summed E-state index contributed by atoms with van der Waals surface area (Å²) in [5.41, 5.74) is 2.08. The maximum Gasteiger partial charge on any atom is 0.264 e. The average molecular weight is 493 g/mol. The van der Waals surface area contributed by atoms with Gasteiger partial charge in [0.15, 0.2) is 0 Å². The monoisotopic (exact) mass is 492 g/mol. The quantitative estimate of drug-likeness (QED) is 0.411. The molecule has 35 heavy (non-hydrogen) atoms. The minimum Gasteiger partial charge on any atom is -0.300 e. The van der Waals surface area contributed by atoms with E-state index in [4.69, 9.17) is 0 Å². The van der Waals surface area contributed by atoms with Crippen molar-refractivity contribution >= 4 is 15.7 Å². The van der Waals surface area contributed by atoms with E-state index >= 15 is 0 Å². The first-order valence-corrected chi connectivity index (χ1v) is 14.1. The highest BCUT2D eigenvalue weighted by atomic mass is 32.2. The van der Waals surface area contributed by atoms with Crippen molar-refractivity contribution in [2.24, 2.45) is 0 Å². The molecule has 0 amide bonds. The van der Waals surface area contributed by atoms with Crippen LogP contribution in [0.4, 0.5) is 10.1 Å². The Morgan fingerprint density at radius 2 is 1.34 bits per heavy atom. The molecule has 0 radical (unpaired) electrons. The molecule has 3 aromatic carbocycles. The molecule has 2 fully saturated rings. The van der Waals surface area contributed by atoms with E-state index in [2.05, 4.69) is 35.2 Å². The number of piperidine rings is 1. The topological polar surface area (TPSA) is 40.6 Å². The lowest BCUT2D eigenvalue weighted by Crippen LogP contribution is -2.51. The molecular formula is C29H33FN2O2S. The van der Waals surface area contributed by atoms with Crippen molar-refractivity contribution in [2.75, 3.05) is 17.4 Å². The number of rotatable bonds is 6.